The molecule has 2 heterocycles. The number of nitrogens with one attached hydrogen (secondary N) is 1. The number of thiazole rings is 1. The Bertz CT molecular complexity index is 773. The zero-order chi connectivity index (χ0) is 14.7. The monoisotopic (exact) mass is 299 g/mol. The second-order valence-corrected chi connectivity index (χ2v) is 5.10. The molecule has 1 aromatic carbocycles. The number of carbonyl (C=O) groups is 1. The largest absolute Gasteiger partial charge is 0.298 e. The lowest BCUT2D eigenvalue weighted by Gasteiger charge is -2.01. The molecule has 0 atom stereocenters. The molecule has 1 amide bonds. The van der Waals surface area contributed by atoms with Crippen LogP contribution in [0.3, 0.4) is 0 Å². The number of rotatable bonds is 3. The normalized spacial score (nSPS) is 10.3. The number of hydrogen-bond acceptors (Lipinski definition) is 4. The molecule has 0 aliphatic heterocycles. The van der Waals surface area contributed by atoms with E-state index in [9.17, 15) is 9.18 Å². The summed E-state index contributed by atoms with van der Waals surface area (Å²) in [5.74, 6) is -0.829. The van der Waals surface area contributed by atoms with Crippen LogP contribution < -0.4 is 5.32 Å². The van der Waals surface area contributed by atoms with Gasteiger partial charge in [0.1, 0.15) is 5.82 Å². The van der Waals surface area contributed by atoms with Crippen LogP contribution in [-0.2, 0) is 0 Å². The average Bonchev–Trinajstić information content (AvgIpc) is 2.97. The molecule has 3 rings (SSSR count). The van der Waals surface area contributed by atoms with E-state index >= 15 is 0 Å². The highest BCUT2D eigenvalue weighted by Gasteiger charge is 2.10. The van der Waals surface area contributed by atoms with Gasteiger partial charge in [-0.1, -0.05) is 6.07 Å². The first kappa shape index (κ1) is 13.4. The van der Waals surface area contributed by atoms with Crippen molar-refractivity contribution in [2.45, 2.75) is 0 Å². The van der Waals surface area contributed by atoms with E-state index in [1.54, 1.807) is 18.5 Å². The predicted octanol–water partition coefficient (Wildman–Crippen LogP) is 3.60. The summed E-state index contributed by atoms with van der Waals surface area (Å²) < 4.78 is 13.1. The molecule has 4 nitrogen and oxygen atoms in total. The van der Waals surface area contributed by atoms with E-state index in [4.69, 9.17) is 0 Å². The third kappa shape index (κ3) is 3.11. The van der Waals surface area contributed by atoms with Gasteiger partial charge < -0.3 is 0 Å². The Kier molecular flexibility index (Phi) is 3.70. The molecule has 0 saturated heterocycles. The number of aromatic nitrogens is 2. The first-order chi connectivity index (χ1) is 10.2. The fraction of sp³-hybridized carbons (Fsp3) is 0. The van der Waals surface area contributed by atoms with E-state index in [-0.39, 0.29) is 11.5 Å². The standard InChI is InChI=1S/C15H10FN3OS/c16-12-3-1-2-11(8-12)14(20)19-15-18-13(9-21-15)10-4-6-17-7-5-10/h1-9H,(H,18,19,20). The lowest BCUT2D eigenvalue weighted by atomic mass is 10.2. The molecule has 104 valence electrons. The summed E-state index contributed by atoms with van der Waals surface area (Å²) >= 11 is 1.31. The molecule has 0 spiro atoms. The smallest absolute Gasteiger partial charge is 0.257 e. The summed E-state index contributed by atoms with van der Waals surface area (Å²) in [4.78, 5) is 20.3. The molecule has 1 N–H and O–H groups in total. The van der Waals surface area contributed by atoms with Gasteiger partial charge in [-0.15, -0.1) is 11.3 Å². The predicted molar refractivity (Wildman–Crippen MR) is 79.7 cm³/mol. The van der Waals surface area contributed by atoms with E-state index in [0.29, 0.717) is 5.13 Å². The van der Waals surface area contributed by atoms with Crippen LogP contribution in [0.15, 0.2) is 54.2 Å². The van der Waals surface area contributed by atoms with Crippen molar-refractivity contribution in [2.75, 3.05) is 5.32 Å². The van der Waals surface area contributed by atoms with E-state index in [1.807, 2.05) is 17.5 Å². The lowest BCUT2D eigenvalue weighted by Crippen LogP contribution is -2.11. The highest BCUT2D eigenvalue weighted by atomic mass is 32.1. The number of benzene rings is 1. The van der Waals surface area contributed by atoms with Gasteiger partial charge in [-0.05, 0) is 30.3 Å². The molecule has 0 saturated carbocycles. The van der Waals surface area contributed by atoms with Gasteiger partial charge in [0, 0.05) is 28.9 Å². The minimum Gasteiger partial charge on any atom is -0.298 e. The van der Waals surface area contributed by atoms with Gasteiger partial charge >= 0.3 is 0 Å². The minimum absolute atomic E-state index is 0.260. The molecular weight excluding hydrogens is 289 g/mol. The number of hydrogen-bond donors (Lipinski definition) is 1. The number of nitrogens with zero attached hydrogens (tertiary/aromatic N) is 2. The Morgan fingerprint density at radius 3 is 2.76 bits per heavy atom. The van der Waals surface area contributed by atoms with E-state index < -0.39 is 5.82 Å². The van der Waals surface area contributed by atoms with Crippen LogP contribution in [0.2, 0.25) is 0 Å². The van der Waals surface area contributed by atoms with Crippen molar-refractivity contribution in [2.24, 2.45) is 0 Å². The van der Waals surface area contributed by atoms with Crippen molar-refractivity contribution in [1.29, 1.82) is 0 Å². The molecule has 2 aromatic heterocycles. The van der Waals surface area contributed by atoms with Crippen LogP contribution in [0.25, 0.3) is 11.3 Å². The zero-order valence-electron chi connectivity index (χ0n) is 10.8. The Hall–Kier alpha value is -2.60. The number of carbonyl (C=O) groups excluding carboxylic acids is 1. The first-order valence-electron chi connectivity index (χ1n) is 6.15. The summed E-state index contributed by atoms with van der Waals surface area (Å²) in [6.07, 6.45) is 3.36. The number of amides is 1. The SMILES string of the molecule is O=C(Nc1nc(-c2ccncc2)cs1)c1cccc(F)c1. The molecular formula is C15H10FN3OS. The lowest BCUT2D eigenvalue weighted by molar-refractivity contribution is 0.102. The Morgan fingerprint density at radius 1 is 1.19 bits per heavy atom. The molecule has 0 bridgehead atoms. The van der Waals surface area contributed by atoms with Gasteiger partial charge in [0.15, 0.2) is 5.13 Å². The highest BCUT2D eigenvalue weighted by Crippen LogP contribution is 2.24. The van der Waals surface area contributed by atoms with Crippen molar-refractivity contribution in [3.05, 3.63) is 65.6 Å². The molecule has 0 unspecified atom stereocenters. The van der Waals surface area contributed by atoms with Crippen molar-refractivity contribution in [3.8, 4) is 11.3 Å². The minimum atomic E-state index is -0.445. The van der Waals surface area contributed by atoms with Gasteiger partial charge in [-0.25, -0.2) is 9.37 Å². The van der Waals surface area contributed by atoms with Gasteiger partial charge in [-0.2, -0.15) is 0 Å². The topological polar surface area (TPSA) is 54.9 Å². The summed E-state index contributed by atoms with van der Waals surface area (Å²) in [6.45, 7) is 0. The third-order valence-corrected chi connectivity index (χ3v) is 3.55. The van der Waals surface area contributed by atoms with E-state index in [1.165, 1.54) is 29.5 Å². The van der Waals surface area contributed by atoms with Gasteiger partial charge in [0.2, 0.25) is 0 Å². The second kappa shape index (κ2) is 5.80. The molecule has 0 aliphatic carbocycles. The van der Waals surface area contributed by atoms with E-state index in [2.05, 4.69) is 15.3 Å². The molecule has 3 aromatic rings. The highest BCUT2D eigenvalue weighted by molar-refractivity contribution is 7.14. The van der Waals surface area contributed by atoms with Crippen molar-refractivity contribution in [1.82, 2.24) is 9.97 Å². The summed E-state index contributed by atoms with van der Waals surface area (Å²) in [6, 6.07) is 9.21. The van der Waals surface area contributed by atoms with E-state index in [0.717, 1.165) is 11.3 Å². The average molecular weight is 299 g/mol. The number of halogens is 1. The second-order valence-electron chi connectivity index (χ2n) is 4.24. The van der Waals surface area contributed by atoms with Crippen LogP contribution in [0.5, 0.6) is 0 Å². The quantitative estimate of drug-likeness (QED) is 0.804. The Morgan fingerprint density at radius 2 is 2.00 bits per heavy atom. The van der Waals surface area contributed by atoms with Crippen LogP contribution in [-0.4, -0.2) is 15.9 Å². The van der Waals surface area contributed by atoms with Crippen molar-refractivity contribution >= 4 is 22.4 Å². The maximum atomic E-state index is 13.1. The van der Waals surface area contributed by atoms with Crippen LogP contribution in [0.1, 0.15) is 10.4 Å². The van der Waals surface area contributed by atoms with Crippen molar-refractivity contribution < 1.29 is 9.18 Å². The van der Waals surface area contributed by atoms with Crippen molar-refractivity contribution in [3.63, 3.8) is 0 Å². The van der Waals surface area contributed by atoms with Crippen LogP contribution >= 0.6 is 11.3 Å². The molecule has 0 fully saturated rings. The van der Waals surface area contributed by atoms with Gasteiger partial charge in [0.05, 0.1) is 5.69 Å². The fourth-order valence-electron chi connectivity index (χ4n) is 1.79. The Labute approximate surface area is 124 Å². The summed E-state index contributed by atoms with van der Waals surface area (Å²) in [5, 5.41) is 4.97. The molecule has 6 heteroatoms. The summed E-state index contributed by atoms with van der Waals surface area (Å²) in [5.41, 5.74) is 1.94. The molecule has 0 radical (unpaired) electrons. The first-order valence-corrected chi connectivity index (χ1v) is 7.03. The van der Waals surface area contributed by atoms with Gasteiger partial charge in [0.25, 0.3) is 5.91 Å². The Balaban J connectivity index is 1.77. The summed E-state index contributed by atoms with van der Waals surface area (Å²) in [7, 11) is 0. The van der Waals surface area contributed by atoms with Crippen LogP contribution in [0, 0.1) is 5.82 Å². The molecule has 21 heavy (non-hydrogen) atoms. The third-order valence-electron chi connectivity index (χ3n) is 2.79. The number of pyridine rings is 1. The maximum absolute atomic E-state index is 13.1. The molecule has 0 aliphatic rings. The van der Waals surface area contributed by atoms with Crippen LogP contribution in [0.4, 0.5) is 9.52 Å². The fourth-order valence-corrected chi connectivity index (χ4v) is 2.50. The van der Waals surface area contributed by atoms with Gasteiger partial charge in [-0.3, -0.25) is 15.1 Å². The number of anilines is 1. The zero-order valence-corrected chi connectivity index (χ0v) is 11.6. The maximum Gasteiger partial charge on any atom is 0.257 e.